The second-order valence-corrected chi connectivity index (χ2v) is 9.36. The fourth-order valence-electron chi connectivity index (χ4n) is 3.25. The number of unbranched alkanes of at least 4 members (excludes halogenated alkanes) is 1. The first-order valence-corrected chi connectivity index (χ1v) is 12.6. The molecule has 0 aliphatic carbocycles. The molecule has 0 aliphatic heterocycles. The summed E-state index contributed by atoms with van der Waals surface area (Å²) in [5, 5.41) is 3.19. The fourth-order valence-corrected chi connectivity index (χ4v) is 4.53. The average Bonchev–Trinajstić information content (AvgIpc) is 2.84. The van der Waals surface area contributed by atoms with Gasteiger partial charge >= 0.3 is 12.6 Å². The molecule has 0 aromatic heterocycles. The van der Waals surface area contributed by atoms with Gasteiger partial charge in [0.15, 0.2) is 15.7 Å². The molecule has 0 radical (unpaired) electrons. The number of rotatable bonds is 12. The van der Waals surface area contributed by atoms with E-state index in [2.05, 4.69) is 14.8 Å². The van der Waals surface area contributed by atoms with Crippen molar-refractivity contribution in [3.8, 4) is 17.2 Å². The van der Waals surface area contributed by atoms with Crippen LogP contribution in [0.1, 0.15) is 30.1 Å². The summed E-state index contributed by atoms with van der Waals surface area (Å²) >= 11 is 0. The van der Waals surface area contributed by atoms with E-state index in [1.54, 1.807) is 30.3 Å². The molecule has 0 heterocycles. The molecule has 0 spiro atoms. The summed E-state index contributed by atoms with van der Waals surface area (Å²) in [6, 6.07) is 16.8. The molecule has 0 saturated heterocycles. The molecule has 36 heavy (non-hydrogen) atoms. The van der Waals surface area contributed by atoms with E-state index in [4.69, 9.17) is 14.3 Å². The van der Waals surface area contributed by atoms with Crippen LogP contribution < -0.4 is 19.5 Å². The van der Waals surface area contributed by atoms with Crippen LogP contribution in [0.25, 0.3) is 0 Å². The number of benzene rings is 3. The zero-order chi connectivity index (χ0) is 26.1. The summed E-state index contributed by atoms with van der Waals surface area (Å²) in [4.78, 5) is 12.3. The predicted octanol–water partition coefficient (Wildman–Crippen LogP) is 6.51. The van der Waals surface area contributed by atoms with Crippen LogP contribution >= 0.6 is 0 Å². The Morgan fingerprint density at radius 3 is 2.44 bits per heavy atom. The normalized spacial score (nSPS) is 12.5. The van der Waals surface area contributed by atoms with Gasteiger partial charge in [-0.25, -0.2) is 13.8 Å². The molecule has 3 aromatic carbocycles. The van der Waals surface area contributed by atoms with Gasteiger partial charge in [-0.05, 0) is 42.8 Å². The predicted molar refractivity (Wildman–Crippen MR) is 134 cm³/mol. The van der Waals surface area contributed by atoms with Crippen molar-refractivity contribution in [3.05, 3.63) is 72.3 Å². The van der Waals surface area contributed by atoms with Crippen molar-refractivity contribution in [1.82, 2.24) is 0 Å². The lowest BCUT2D eigenvalue weighted by atomic mass is 10.1. The third-order valence-electron chi connectivity index (χ3n) is 4.92. The number of carbonyl (C=O) groups is 1. The number of hydrogen-bond acceptors (Lipinski definition) is 7. The fraction of sp³-hybridized carbons (Fsp3) is 0.240. The van der Waals surface area contributed by atoms with Crippen LogP contribution in [0.5, 0.6) is 17.2 Å². The van der Waals surface area contributed by atoms with Crippen molar-refractivity contribution in [3.63, 3.8) is 0 Å². The van der Waals surface area contributed by atoms with Crippen LogP contribution in [0.4, 0.5) is 20.2 Å². The van der Waals surface area contributed by atoms with E-state index in [0.29, 0.717) is 18.0 Å². The van der Waals surface area contributed by atoms with Crippen LogP contribution in [0.2, 0.25) is 0 Å². The minimum absolute atomic E-state index is 0.0588. The number of anilines is 2. The van der Waals surface area contributed by atoms with E-state index < -0.39 is 22.5 Å². The van der Waals surface area contributed by atoms with Gasteiger partial charge in [-0.3, -0.25) is 4.72 Å². The molecule has 0 saturated carbocycles. The Morgan fingerprint density at radius 1 is 1.06 bits per heavy atom. The number of carbonyl (C=O) groups excluding carboxylic acids is 1. The maximum absolute atomic E-state index is 13.8. The van der Waals surface area contributed by atoms with Crippen LogP contribution in [-0.2, 0) is 14.7 Å². The van der Waals surface area contributed by atoms with Gasteiger partial charge in [0.1, 0.15) is 16.4 Å². The van der Waals surface area contributed by atoms with Gasteiger partial charge < -0.3 is 19.5 Å². The molecule has 0 amide bonds. The zero-order valence-corrected chi connectivity index (χ0v) is 20.6. The van der Waals surface area contributed by atoms with Crippen molar-refractivity contribution in [1.29, 1.82) is 4.78 Å². The molecule has 192 valence electrons. The highest BCUT2D eigenvalue weighted by Gasteiger charge is 2.24. The monoisotopic (exact) mass is 519 g/mol. The average molecular weight is 520 g/mol. The molecule has 0 fully saturated rings. The second kappa shape index (κ2) is 12.2. The molecule has 3 aromatic rings. The largest absolute Gasteiger partial charge is 0.465 e. The van der Waals surface area contributed by atoms with Gasteiger partial charge in [-0.2, -0.15) is 8.78 Å². The van der Waals surface area contributed by atoms with Gasteiger partial charge in [-0.15, -0.1) is 0 Å². The van der Waals surface area contributed by atoms with Crippen molar-refractivity contribution in [2.45, 2.75) is 31.3 Å². The van der Waals surface area contributed by atoms with Gasteiger partial charge in [0, 0.05) is 12.6 Å². The van der Waals surface area contributed by atoms with Crippen molar-refractivity contribution in [2.75, 3.05) is 23.7 Å². The lowest BCUT2D eigenvalue weighted by Crippen LogP contribution is -2.16. The number of methoxy groups -OCH3 is 1. The first kappa shape index (κ1) is 26.7. The highest BCUT2D eigenvalue weighted by atomic mass is 32.2. The molecule has 0 aliphatic rings. The molecular weight excluding hydrogens is 492 g/mol. The maximum Gasteiger partial charge on any atom is 0.387 e. The summed E-state index contributed by atoms with van der Waals surface area (Å²) in [6.07, 6.45) is 1.72. The smallest absolute Gasteiger partial charge is 0.387 e. The van der Waals surface area contributed by atoms with E-state index in [1.807, 2.05) is 6.92 Å². The highest BCUT2D eigenvalue weighted by Crippen LogP contribution is 2.39. The van der Waals surface area contributed by atoms with E-state index >= 15 is 0 Å². The Kier molecular flexibility index (Phi) is 9.07. The van der Waals surface area contributed by atoms with E-state index in [-0.39, 0.29) is 27.6 Å². The van der Waals surface area contributed by atoms with Gasteiger partial charge in [0.25, 0.3) is 0 Å². The summed E-state index contributed by atoms with van der Waals surface area (Å²) in [6.45, 7) is -0.489. The molecule has 1 unspecified atom stereocenters. The van der Waals surface area contributed by atoms with Crippen molar-refractivity contribution in [2.24, 2.45) is 0 Å². The topological polar surface area (TPSA) is 110 Å². The van der Waals surface area contributed by atoms with E-state index in [9.17, 15) is 17.8 Å². The number of ether oxygens (including phenoxy) is 3. The Balaban J connectivity index is 2.12. The quantitative estimate of drug-likeness (QED) is 0.186. The Morgan fingerprint density at radius 2 is 1.78 bits per heavy atom. The summed E-state index contributed by atoms with van der Waals surface area (Å²) < 4.78 is 65.6. The van der Waals surface area contributed by atoms with Crippen LogP contribution in [-0.4, -0.2) is 30.4 Å². The van der Waals surface area contributed by atoms with Crippen molar-refractivity contribution >= 4 is 27.3 Å². The first-order chi connectivity index (χ1) is 17.2. The number of esters is 1. The number of alkyl halides is 2. The Labute approximate surface area is 208 Å². The molecule has 8 nitrogen and oxygen atoms in total. The van der Waals surface area contributed by atoms with Gasteiger partial charge in [0.05, 0.1) is 24.0 Å². The standard InChI is InChI=1S/C25H27F2N3O5S/c1-3-4-13-29-21-14-17(24(31)33-2)15-22(23(21)34-19-10-6-5-7-11-19)36(28,32)30-18-9-8-12-20(16-18)35-25(26)27/h5-12,14-16,25,29H,3-4,13H2,1-2H3,(H2,28,30,32). The number of para-hydroxylation sites is 1. The third kappa shape index (κ3) is 7.08. The Bertz CT molecular complexity index is 1290. The summed E-state index contributed by atoms with van der Waals surface area (Å²) in [5.41, 5.74) is 0.507. The van der Waals surface area contributed by atoms with E-state index in [0.717, 1.165) is 12.8 Å². The van der Waals surface area contributed by atoms with Gasteiger partial charge in [0.2, 0.25) is 0 Å². The highest BCUT2D eigenvalue weighted by molar-refractivity contribution is 7.93. The lowest BCUT2D eigenvalue weighted by molar-refractivity contribution is -0.0498. The molecule has 3 N–H and O–H groups in total. The minimum atomic E-state index is -3.89. The Hall–Kier alpha value is -3.86. The van der Waals surface area contributed by atoms with Crippen LogP contribution in [0.15, 0.2) is 71.6 Å². The van der Waals surface area contributed by atoms with Crippen molar-refractivity contribution < 1.29 is 32.0 Å². The molecule has 11 heteroatoms. The molecular formula is C25H27F2N3O5S. The second-order valence-electron chi connectivity index (χ2n) is 7.60. The van der Waals surface area contributed by atoms with E-state index in [1.165, 1.54) is 43.5 Å². The number of halogens is 2. The zero-order valence-electron chi connectivity index (χ0n) is 19.8. The number of nitrogens with one attached hydrogen (secondary N) is 3. The maximum atomic E-state index is 13.8. The molecule has 1 atom stereocenters. The third-order valence-corrected chi connectivity index (χ3v) is 6.36. The summed E-state index contributed by atoms with van der Waals surface area (Å²) in [7, 11) is -2.68. The minimum Gasteiger partial charge on any atom is -0.465 e. The molecule has 3 rings (SSSR count). The first-order valence-electron chi connectivity index (χ1n) is 11.1. The van der Waals surface area contributed by atoms with Crippen LogP contribution in [0.3, 0.4) is 0 Å². The number of hydrogen-bond donors (Lipinski definition) is 3. The van der Waals surface area contributed by atoms with Gasteiger partial charge in [-0.1, -0.05) is 37.6 Å². The lowest BCUT2D eigenvalue weighted by Gasteiger charge is -2.20. The van der Waals surface area contributed by atoms with Crippen LogP contribution in [0, 0.1) is 4.78 Å². The molecule has 0 bridgehead atoms. The SMILES string of the molecule is CCCCNc1cc(C(=O)OC)cc(S(=N)(=O)Nc2cccc(OC(F)F)c2)c1Oc1ccccc1. The summed E-state index contributed by atoms with van der Waals surface area (Å²) in [5.74, 6) is -0.358.